The van der Waals surface area contributed by atoms with Crippen molar-refractivity contribution >= 4 is 5.91 Å². The van der Waals surface area contributed by atoms with Gasteiger partial charge in [-0.2, -0.15) is 0 Å². The lowest BCUT2D eigenvalue weighted by atomic mass is 9.99. The van der Waals surface area contributed by atoms with Crippen LogP contribution in [0.25, 0.3) is 0 Å². The standard InChI is InChI=1S/C22H20N2O2/c25-21(15-16-6-7-20-19(14-16)10-13-26-20)24-22(17-4-2-1-3-5-17)18-8-11-23-12-9-18/h1-9,11-12,14,22H,10,13,15H2,(H,24,25). The Morgan fingerprint density at radius 2 is 1.81 bits per heavy atom. The highest BCUT2D eigenvalue weighted by Gasteiger charge is 2.18. The molecule has 1 aliphatic heterocycles. The summed E-state index contributed by atoms with van der Waals surface area (Å²) in [6, 6.07) is 19.7. The summed E-state index contributed by atoms with van der Waals surface area (Å²) in [6.45, 7) is 0.725. The average Bonchev–Trinajstić information content (AvgIpc) is 3.15. The van der Waals surface area contributed by atoms with Gasteiger partial charge in [0.1, 0.15) is 5.75 Å². The number of hydrogen-bond acceptors (Lipinski definition) is 3. The van der Waals surface area contributed by atoms with E-state index in [9.17, 15) is 4.79 Å². The zero-order chi connectivity index (χ0) is 17.8. The largest absolute Gasteiger partial charge is 0.493 e. The van der Waals surface area contributed by atoms with E-state index in [-0.39, 0.29) is 11.9 Å². The number of aromatic nitrogens is 1. The van der Waals surface area contributed by atoms with Crippen LogP contribution in [0, 0.1) is 0 Å². The Hall–Kier alpha value is -3.14. The number of pyridine rings is 1. The second kappa shape index (κ2) is 7.40. The minimum absolute atomic E-state index is 0.00506. The van der Waals surface area contributed by atoms with Crippen molar-refractivity contribution in [3.8, 4) is 5.75 Å². The summed E-state index contributed by atoms with van der Waals surface area (Å²) >= 11 is 0. The topological polar surface area (TPSA) is 51.2 Å². The van der Waals surface area contributed by atoms with E-state index in [2.05, 4.69) is 16.4 Å². The van der Waals surface area contributed by atoms with Crippen molar-refractivity contribution in [2.24, 2.45) is 0 Å². The first kappa shape index (κ1) is 16.3. The summed E-state index contributed by atoms with van der Waals surface area (Å²) in [6.07, 6.45) is 4.76. The summed E-state index contributed by atoms with van der Waals surface area (Å²) in [5, 5.41) is 3.17. The molecule has 0 bridgehead atoms. The Balaban J connectivity index is 1.53. The van der Waals surface area contributed by atoms with Crippen LogP contribution in [0.2, 0.25) is 0 Å². The monoisotopic (exact) mass is 344 g/mol. The lowest BCUT2D eigenvalue weighted by Crippen LogP contribution is -2.30. The van der Waals surface area contributed by atoms with Crippen molar-refractivity contribution in [2.45, 2.75) is 18.9 Å². The molecule has 0 fully saturated rings. The molecule has 3 aromatic rings. The van der Waals surface area contributed by atoms with Gasteiger partial charge in [0.25, 0.3) is 0 Å². The van der Waals surface area contributed by atoms with Gasteiger partial charge in [0.2, 0.25) is 5.91 Å². The Morgan fingerprint density at radius 3 is 2.62 bits per heavy atom. The SMILES string of the molecule is O=C(Cc1ccc2c(c1)CCO2)NC(c1ccccc1)c1ccncc1. The molecule has 0 saturated carbocycles. The maximum Gasteiger partial charge on any atom is 0.225 e. The zero-order valence-electron chi connectivity index (χ0n) is 14.4. The third kappa shape index (κ3) is 3.59. The molecule has 4 heteroatoms. The number of benzene rings is 2. The second-order valence-electron chi connectivity index (χ2n) is 6.41. The van der Waals surface area contributed by atoms with Crippen LogP contribution in [0.4, 0.5) is 0 Å². The van der Waals surface area contributed by atoms with E-state index in [1.807, 2.05) is 54.6 Å². The van der Waals surface area contributed by atoms with E-state index in [0.717, 1.165) is 35.5 Å². The van der Waals surface area contributed by atoms with Gasteiger partial charge in [0, 0.05) is 18.8 Å². The molecule has 1 atom stereocenters. The Labute approximate surface area is 152 Å². The lowest BCUT2D eigenvalue weighted by molar-refractivity contribution is -0.120. The highest BCUT2D eigenvalue weighted by molar-refractivity contribution is 5.79. The molecule has 0 radical (unpaired) electrons. The summed E-state index contributed by atoms with van der Waals surface area (Å²) in [4.78, 5) is 16.8. The van der Waals surface area contributed by atoms with Gasteiger partial charge in [0.15, 0.2) is 0 Å². The first-order chi connectivity index (χ1) is 12.8. The van der Waals surface area contributed by atoms with Gasteiger partial charge in [-0.3, -0.25) is 9.78 Å². The average molecular weight is 344 g/mol. The van der Waals surface area contributed by atoms with Gasteiger partial charge in [-0.15, -0.1) is 0 Å². The maximum atomic E-state index is 12.7. The first-order valence-electron chi connectivity index (χ1n) is 8.78. The number of carbonyl (C=O) groups is 1. The molecule has 1 unspecified atom stereocenters. The van der Waals surface area contributed by atoms with Crippen LogP contribution in [-0.4, -0.2) is 17.5 Å². The number of nitrogens with zero attached hydrogens (tertiary/aromatic N) is 1. The van der Waals surface area contributed by atoms with Crippen molar-refractivity contribution in [2.75, 3.05) is 6.61 Å². The van der Waals surface area contributed by atoms with Crippen molar-refractivity contribution in [1.82, 2.24) is 10.3 Å². The van der Waals surface area contributed by atoms with E-state index in [1.165, 1.54) is 5.56 Å². The Bertz CT molecular complexity index is 855. The predicted octanol–water partition coefficient (Wildman–Crippen LogP) is 3.46. The van der Waals surface area contributed by atoms with Crippen LogP contribution < -0.4 is 10.1 Å². The van der Waals surface area contributed by atoms with E-state index in [0.29, 0.717) is 6.42 Å². The Kier molecular flexibility index (Phi) is 4.65. The highest BCUT2D eigenvalue weighted by atomic mass is 16.5. The molecule has 2 heterocycles. The summed E-state index contributed by atoms with van der Waals surface area (Å²) in [5.41, 5.74) is 4.26. The minimum Gasteiger partial charge on any atom is -0.493 e. The number of carbonyl (C=O) groups excluding carboxylic acids is 1. The molecule has 1 aromatic heterocycles. The first-order valence-corrected chi connectivity index (χ1v) is 8.78. The molecule has 1 N–H and O–H groups in total. The van der Waals surface area contributed by atoms with Gasteiger partial charge in [-0.05, 0) is 40.5 Å². The van der Waals surface area contributed by atoms with Crippen molar-refractivity contribution in [1.29, 1.82) is 0 Å². The molecule has 2 aromatic carbocycles. The van der Waals surface area contributed by atoms with Crippen LogP contribution >= 0.6 is 0 Å². The number of amides is 1. The molecular weight excluding hydrogens is 324 g/mol. The fraction of sp³-hybridized carbons (Fsp3) is 0.182. The van der Waals surface area contributed by atoms with Crippen LogP contribution in [0.5, 0.6) is 5.75 Å². The third-order valence-electron chi connectivity index (χ3n) is 4.60. The molecular formula is C22H20N2O2. The zero-order valence-corrected chi connectivity index (χ0v) is 14.4. The molecule has 1 amide bonds. The quantitative estimate of drug-likeness (QED) is 0.771. The minimum atomic E-state index is -0.190. The number of rotatable bonds is 5. The molecule has 0 saturated heterocycles. The molecule has 0 aliphatic carbocycles. The van der Waals surface area contributed by atoms with Crippen LogP contribution in [0.1, 0.15) is 28.3 Å². The van der Waals surface area contributed by atoms with Gasteiger partial charge in [-0.1, -0.05) is 42.5 Å². The lowest BCUT2D eigenvalue weighted by Gasteiger charge is -2.20. The number of ether oxygens (including phenoxy) is 1. The van der Waals surface area contributed by atoms with Gasteiger partial charge >= 0.3 is 0 Å². The third-order valence-corrected chi connectivity index (χ3v) is 4.60. The van der Waals surface area contributed by atoms with E-state index in [1.54, 1.807) is 12.4 Å². The number of nitrogens with one attached hydrogen (secondary N) is 1. The molecule has 26 heavy (non-hydrogen) atoms. The Morgan fingerprint density at radius 1 is 1.04 bits per heavy atom. The molecule has 4 rings (SSSR count). The van der Waals surface area contributed by atoms with Gasteiger partial charge < -0.3 is 10.1 Å². The van der Waals surface area contributed by atoms with Crippen molar-refractivity contribution in [3.63, 3.8) is 0 Å². The fourth-order valence-electron chi connectivity index (χ4n) is 3.31. The van der Waals surface area contributed by atoms with Crippen LogP contribution in [-0.2, 0) is 17.6 Å². The highest BCUT2D eigenvalue weighted by Crippen LogP contribution is 2.26. The normalized spacial score (nSPS) is 13.5. The maximum absolute atomic E-state index is 12.7. The smallest absolute Gasteiger partial charge is 0.225 e. The van der Waals surface area contributed by atoms with E-state index < -0.39 is 0 Å². The van der Waals surface area contributed by atoms with E-state index in [4.69, 9.17) is 4.74 Å². The van der Waals surface area contributed by atoms with Gasteiger partial charge in [0.05, 0.1) is 19.1 Å². The number of fused-ring (bicyclic) bond motifs is 1. The second-order valence-corrected chi connectivity index (χ2v) is 6.41. The predicted molar refractivity (Wildman–Crippen MR) is 100 cm³/mol. The van der Waals surface area contributed by atoms with Crippen LogP contribution in [0.3, 0.4) is 0 Å². The summed E-state index contributed by atoms with van der Waals surface area (Å²) < 4.78 is 5.53. The van der Waals surface area contributed by atoms with Crippen molar-refractivity contribution < 1.29 is 9.53 Å². The van der Waals surface area contributed by atoms with Crippen LogP contribution in [0.15, 0.2) is 73.1 Å². The molecule has 4 nitrogen and oxygen atoms in total. The molecule has 130 valence electrons. The summed E-state index contributed by atoms with van der Waals surface area (Å²) in [7, 11) is 0. The molecule has 1 aliphatic rings. The number of hydrogen-bond donors (Lipinski definition) is 1. The van der Waals surface area contributed by atoms with E-state index >= 15 is 0 Å². The molecule has 0 spiro atoms. The summed E-state index contributed by atoms with van der Waals surface area (Å²) in [5.74, 6) is 0.933. The fourth-order valence-corrected chi connectivity index (χ4v) is 3.31. The van der Waals surface area contributed by atoms with Gasteiger partial charge in [-0.25, -0.2) is 0 Å². The van der Waals surface area contributed by atoms with Crippen molar-refractivity contribution in [3.05, 3.63) is 95.3 Å².